The lowest BCUT2D eigenvalue weighted by Gasteiger charge is -2.23. The van der Waals surface area contributed by atoms with Crippen molar-refractivity contribution in [3.8, 4) is 0 Å². The highest BCUT2D eigenvalue weighted by Crippen LogP contribution is 2.21. The van der Waals surface area contributed by atoms with Crippen molar-refractivity contribution in [1.29, 1.82) is 0 Å². The summed E-state index contributed by atoms with van der Waals surface area (Å²) < 4.78 is 10.5. The average Bonchev–Trinajstić information content (AvgIpc) is 2.45. The highest BCUT2D eigenvalue weighted by Gasteiger charge is 2.13. The van der Waals surface area contributed by atoms with E-state index in [1.807, 2.05) is 0 Å². The third kappa shape index (κ3) is 5.43. The molecule has 1 aromatic rings. The predicted octanol–water partition coefficient (Wildman–Crippen LogP) is 3.16. The molecule has 1 fully saturated rings. The van der Waals surface area contributed by atoms with E-state index in [0.717, 1.165) is 0 Å². The summed E-state index contributed by atoms with van der Waals surface area (Å²) in [5, 5.41) is 3.63. The Balaban J connectivity index is 1.80. The first kappa shape index (κ1) is 14.7. The van der Waals surface area contributed by atoms with Crippen molar-refractivity contribution in [2.75, 3.05) is 37.1 Å². The molecule has 4 heteroatoms. The second-order valence-electron chi connectivity index (χ2n) is 4.78. The molecule has 19 heavy (non-hydrogen) atoms. The van der Waals surface area contributed by atoms with Crippen molar-refractivity contribution >= 4 is 17.4 Å². The fraction of sp³-hybridized carbons (Fsp3) is 0.600. The Morgan fingerprint density at radius 3 is 2.89 bits per heavy atom. The standard InChI is InChI=1S/C15H23NO2S/c1-17-7-8-18-12-13-3-2-4-15(11-13)16-14-5-9-19-10-6-14/h2-4,11,14,16H,5-10,12H2,1H3. The van der Waals surface area contributed by atoms with Crippen LogP contribution in [0.1, 0.15) is 18.4 Å². The summed E-state index contributed by atoms with van der Waals surface area (Å²) in [5.74, 6) is 2.55. The molecule has 0 bridgehead atoms. The molecule has 1 aromatic carbocycles. The highest BCUT2D eigenvalue weighted by molar-refractivity contribution is 7.99. The zero-order chi connectivity index (χ0) is 13.3. The molecule has 3 nitrogen and oxygen atoms in total. The Kier molecular flexibility index (Phi) is 6.54. The van der Waals surface area contributed by atoms with Gasteiger partial charge in [-0.3, -0.25) is 0 Å². The molecule has 0 saturated carbocycles. The van der Waals surface area contributed by atoms with Crippen molar-refractivity contribution in [2.45, 2.75) is 25.5 Å². The van der Waals surface area contributed by atoms with Gasteiger partial charge in [-0.15, -0.1) is 0 Å². The van der Waals surface area contributed by atoms with E-state index in [4.69, 9.17) is 9.47 Å². The molecule has 0 aliphatic carbocycles. The van der Waals surface area contributed by atoms with Gasteiger partial charge in [0.25, 0.3) is 0 Å². The second-order valence-corrected chi connectivity index (χ2v) is 6.00. The number of rotatable bonds is 7. The minimum Gasteiger partial charge on any atom is -0.382 e. The van der Waals surface area contributed by atoms with Gasteiger partial charge in [0.05, 0.1) is 19.8 Å². The monoisotopic (exact) mass is 281 g/mol. The first-order valence-corrected chi connectivity index (χ1v) is 8.04. The molecule has 1 aliphatic heterocycles. The third-order valence-electron chi connectivity index (χ3n) is 3.22. The minimum atomic E-state index is 0.630. The summed E-state index contributed by atoms with van der Waals surface area (Å²) >= 11 is 2.06. The van der Waals surface area contributed by atoms with Crippen LogP contribution in [0.2, 0.25) is 0 Å². The fourth-order valence-corrected chi connectivity index (χ4v) is 3.27. The van der Waals surface area contributed by atoms with E-state index >= 15 is 0 Å². The summed E-state index contributed by atoms with van der Waals surface area (Å²) in [4.78, 5) is 0. The van der Waals surface area contributed by atoms with Gasteiger partial charge in [-0.2, -0.15) is 11.8 Å². The van der Waals surface area contributed by atoms with Gasteiger partial charge in [-0.25, -0.2) is 0 Å². The lowest BCUT2D eigenvalue weighted by atomic mass is 10.1. The Bertz CT molecular complexity index is 367. The van der Waals surface area contributed by atoms with Crippen LogP contribution >= 0.6 is 11.8 Å². The van der Waals surface area contributed by atoms with Gasteiger partial charge < -0.3 is 14.8 Å². The van der Waals surface area contributed by atoms with Crippen LogP contribution < -0.4 is 5.32 Å². The van der Waals surface area contributed by atoms with Gasteiger partial charge in [-0.1, -0.05) is 12.1 Å². The van der Waals surface area contributed by atoms with Crippen LogP contribution in [0.25, 0.3) is 0 Å². The Hall–Kier alpha value is -0.710. The van der Waals surface area contributed by atoms with Gasteiger partial charge in [-0.05, 0) is 42.0 Å². The minimum absolute atomic E-state index is 0.630. The van der Waals surface area contributed by atoms with Gasteiger partial charge in [0.15, 0.2) is 0 Å². The summed E-state index contributed by atoms with van der Waals surface area (Å²) in [6, 6.07) is 9.16. The quantitative estimate of drug-likeness (QED) is 0.778. The highest BCUT2D eigenvalue weighted by atomic mass is 32.2. The summed E-state index contributed by atoms with van der Waals surface area (Å²) in [7, 11) is 1.69. The molecule has 0 radical (unpaired) electrons. The number of hydrogen-bond donors (Lipinski definition) is 1. The van der Waals surface area contributed by atoms with E-state index in [1.165, 1.54) is 35.6 Å². The molecule has 0 atom stereocenters. The Morgan fingerprint density at radius 1 is 1.26 bits per heavy atom. The van der Waals surface area contributed by atoms with Crippen molar-refractivity contribution in [3.05, 3.63) is 29.8 Å². The first-order chi connectivity index (χ1) is 9.38. The third-order valence-corrected chi connectivity index (χ3v) is 4.27. The van der Waals surface area contributed by atoms with Crippen molar-refractivity contribution in [2.24, 2.45) is 0 Å². The number of ether oxygens (including phenoxy) is 2. The molecule has 0 unspecified atom stereocenters. The molecule has 1 heterocycles. The van der Waals surface area contributed by atoms with Crippen LogP contribution in [0.15, 0.2) is 24.3 Å². The van der Waals surface area contributed by atoms with E-state index in [2.05, 4.69) is 41.3 Å². The molecule has 0 spiro atoms. The molecule has 2 rings (SSSR count). The van der Waals surface area contributed by atoms with Gasteiger partial charge in [0, 0.05) is 18.8 Å². The molecular formula is C15H23NO2S. The molecular weight excluding hydrogens is 258 g/mol. The van der Waals surface area contributed by atoms with E-state index in [-0.39, 0.29) is 0 Å². The normalized spacial score (nSPS) is 16.5. The molecule has 106 valence electrons. The lowest BCUT2D eigenvalue weighted by Crippen LogP contribution is -2.24. The summed E-state index contributed by atoms with van der Waals surface area (Å²) in [6.07, 6.45) is 2.53. The number of thioether (sulfide) groups is 1. The number of benzene rings is 1. The van der Waals surface area contributed by atoms with Gasteiger partial charge in [0.2, 0.25) is 0 Å². The number of nitrogens with one attached hydrogen (secondary N) is 1. The molecule has 1 aliphatic rings. The Morgan fingerprint density at radius 2 is 2.11 bits per heavy atom. The molecule has 0 aromatic heterocycles. The number of anilines is 1. The molecule has 1 saturated heterocycles. The van der Waals surface area contributed by atoms with E-state index in [1.54, 1.807) is 7.11 Å². The van der Waals surface area contributed by atoms with Crippen molar-refractivity contribution < 1.29 is 9.47 Å². The maximum absolute atomic E-state index is 5.55. The van der Waals surface area contributed by atoms with E-state index < -0.39 is 0 Å². The molecule has 0 amide bonds. The largest absolute Gasteiger partial charge is 0.382 e. The molecule has 1 N–H and O–H groups in total. The zero-order valence-electron chi connectivity index (χ0n) is 11.6. The average molecular weight is 281 g/mol. The van der Waals surface area contributed by atoms with Crippen LogP contribution in [0, 0.1) is 0 Å². The maximum Gasteiger partial charge on any atom is 0.0718 e. The number of hydrogen-bond acceptors (Lipinski definition) is 4. The first-order valence-electron chi connectivity index (χ1n) is 6.88. The topological polar surface area (TPSA) is 30.5 Å². The van der Waals surface area contributed by atoms with Crippen LogP contribution in [0.4, 0.5) is 5.69 Å². The maximum atomic E-state index is 5.55. The summed E-state index contributed by atoms with van der Waals surface area (Å²) in [6.45, 7) is 1.95. The fourth-order valence-electron chi connectivity index (χ4n) is 2.16. The smallest absolute Gasteiger partial charge is 0.0718 e. The van der Waals surface area contributed by atoms with Gasteiger partial charge in [0.1, 0.15) is 0 Å². The number of methoxy groups -OCH3 is 1. The second kappa shape index (κ2) is 8.46. The van der Waals surface area contributed by atoms with Crippen molar-refractivity contribution in [3.63, 3.8) is 0 Å². The SMILES string of the molecule is COCCOCc1cccc(NC2CCSCC2)c1. The van der Waals surface area contributed by atoms with E-state index in [9.17, 15) is 0 Å². The van der Waals surface area contributed by atoms with Crippen molar-refractivity contribution in [1.82, 2.24) is 0 Å². The van der Waals surface area contributed by atoms with Gasteiger partial charge >= 0.3 is 0 Å². The zero-order valence-corrected chi connectivity index (χ0v) is 12.4. The Labute approximate surface area is 120 Å². The van der Waals surface area contributed by atoms with E-state index in [0.29, 0.717) is 25.9 Å². The lowest BCUT2D eigenvalue weighted by molar-refractivity contribution is 0.0617. The van der Waals surface area contributed by atoms with Crippen LogP contribution in [0.3, 0.4) is 0 Å². The summed E-state index contributed by atoms with van der Waals surface area (Å²) in [5.41, 5.74) is 2.43. The van der Waals surface area contributed by atoms with Crippen LogP contribution in [0.5, 0.6) is 0 Å². The van der Waals surface area contributed by atoms with Crippen LogP contribution in [-0.4, -0.2) is 37.9 Å². The predicted molar refractivity (Wildman–Crippen MR) is 81.9 cm³/mol. The van der Waals surface area contributed by atoms with Crippen LogP contribution in [-0.2, 0) is 16.1 Å².